The van der Waals surface area contributed by atoms with E-state index in [-0.39, 0.29) is 11.5 Å². The molecule has 5 aromatic rings. The summed E-state index contributed by atoms with van der Waals surface area (Å²) in [5, 5.41) is 0.596. The molecule has 36 heavy (non-hydrogen) atoms. The molecule has 1 unspecified atom stereocenters. The van der Waals surface area contributed by atoms with Crippen molar-refractivity contribution in [1.82, 2.24) is 19.5 Å². The molecule has 0 saturated carbocycles. The number of benzene rings is 3. The fraction of sp³-hybridized carbons (Fsp3) is 0.133. The minimum Gasteiger partial charge on any atom is -0.334 e. The first-order valence-corrected chi connectivity index (χ1v) is 12.4. The Labute approximate surface area is 213 Å². The van der Waals surface area contributed by atoms with Crippen LogP contribution in [-0.2, 0) is 0 Å². The lowest BCUT2D eigenvalue weighted by atomic mass is 9.81. The van der Waals surface area contributed by atoms with Crippen LogP contribution in [0, 0.1) is 18.6 Å². The molecule has 2 heterocycles. The van der Waals surface area contributed by atoms with Gasteiger partial charge in [0.15, 0.2) is 4.77 Å². The zero-order valence-corrected chi connectivity index (χ0v) is 20.8. The SMILES string of the molecule is Cc1ccc(-n2c(C3CC(c4ccccc4)=Cc4nc(=S)[nH]c(C)c43)nc3ccccc3c2=O)cc1. The van der Waals surface area contributed by atoms with Crippen molar-refractivity contribution in [3.8, 4) is 5.69 Å². The summed E-state index contributed by atoms with van der Waals surface area (Å²) in [5.74, 6) is 0.499. The first-order chi connectivity index (χ1) is 17.5. The molecule has 0 fully saturated rings. The van der Waals surface area contributed by atoms with Gasteiger partial charge in [-0.2, -0.15) is 0 Å². The molecule has 1 atom stereocenters. The Morgan fingerprint density at radius 1 is 0.917 bits per heavy atom. The van der Waals surface area contributed by atoms with Gasteiger partial charge in [-0.15, -0.1) is 0 Å². The van der Waals surface area contributed by atoms with Crippen LogP contribution in [0.3, 0.4) is 0 Å². The number of hydrogen-bond acceptors (Lipinski definition) is 4. The lowest BCUT2D eigenvalue weighted by molar-refractivity contribution is 0.696. The highest BCUT2D eigenvalue weighted by atomic mass is 32.1. The average Bonchev–Trinajstić information content (AvgIpc) is 2.89. The second kappa shape index (κ2) is 8.81. The van der Waals surface area contributed by atoms with E-state index in [9.17, 15) is 4.79 Å². The van der Waals surface area contributed by atoms with E-state index in [0.29, 0.717) is 27.9 Å². The maximum absolute atomic E-state index is 13.9. The molecule has 6 heteroatoms. The molecule has 0 radical (unpaired) electrons. The molecular formula is C30H24N4OS. The maximum Gasteiger partial charge on any atom is 0.265 e. The fourth-order valence-electron chi connectivity index (χ4n) is 5.11. The lowest BCUT2D eigenvalue weighted by Gasteiger charge is -2.28. The minimum absolute atomic E-state index is 0.0775. The van der Waals surface area contributed by atoms with Gasteiger partial charge >= 0.3 is 0 Å². The second-order valence-corrected chi connectivity index (χ2v) is 9.61. The predicted octanol–water partition coefficient (Wildman–Crippen LogP) is 6.53. The van der Waals surface area contributed by atoms with E-state index in [1.807, 2.05) is 80.6 Å². The van der Waals surface area contributed by atoms with Crippen LogP contribution in [0.1, 0.15) is 46.2 Å². The van der Waals surface area contributed by atoms with Crippen LogP contribution in [0.5, 0.6) is 0 Å². The molecule has 0 aliphatic heterocycles. The Balaban J connectivity index is 1.67. The first-order valence-electron chi connectivity index (χ1n) is 11.9. The second-order valence-electron chi connectivity index (χ2n) is 9.22. The van der Waals surface area contributed by atoms with Gasteiger partial charge in [-0.05, 0) is 74.0 Å². The Bertz CT molecular complexity index is 1770. The third-order valence-electron chi connectivity index (χ3n) is 6.83. The number of para-hydroxylation sites is 1. The quantitative estimate of drug-likeness (QED) is 0.293. The molecule has 1 aliphatic carbocycles. The van der Waals surface area contributed by atoms with E-state index in [0.717, 1.165) is 39.3 Å². The van der Waals surface area contributed by atoms with Gasteiger partial charge in [-0.3, -0.25) is 9.36 Å². The van der Waals surface area contributed by atoms with Crippen LogP contribution in [0.25, 0.3) is 28.2 Å². The zero-order valence-electron chi connectivity index (χ0n) is 20.0. The largest absolute Gasteiger partial charge is 0.334 e. The standard InChI is InChI=1S/C30H24N4OS/c1-18-12-14-22(15-13-18)34-28(32-25-11-7-6-10-23(25)29(34)35)24-16-21(20-8-4-3-5-9-20)17-26-27(24)19(2)31-30(36)33-26/h3-15,17,24H,16H2,1-2H3,(H,31,33,36). The number of aromatic nitrogens is 4. The summed E-state index contributed by atoms with van der Waals surface area (Å²) in [6, 6.07) is 25.8. The van der Waals surface area contributed by atoms with Gasteiger partial charge in [0.25, 0.3) is 5.56 Å². The molecule has 2 aromatic heterocycles. The Morgan fingerprint density at radius 3 is 2.42 bits per heavy atom. The topological polar surface area (TPSA) is 63.6 Å². The van der Waals surface area contributed by atoms with Crippen molar-refractivity contribution < 1.29 is 0 Å². The highest BCUT2D eigenvalue weighted by molar-refractivity contribution is 7.71. The number of nitrogens with one attached hydrogen (secondary N) is 1. The van der Waals surface area contributed by atoms with Crippen LogP contribution in [0.15, 0.2) is 83.7 Å². The van der Waals surface area contributed by atoms with Crippen molar-refractivity contribution in [2.75, 3.05) is 0 Å². The van der Waals surface area contributed by atoms with Crippen molar-refractivity contribution in [2.24, 2.45) is 0 Å². The Kier molecular flexibility index (Phi) is 5.46. The van der Waals surface area contributed by atoms with Crippen molar-refractivity contribution in [2.45, 2.75) is 26.2 Å². The first kappa shape index (κ1) is 22.3. The molecule has 176 valence electrons. The number of H-pyrrole nitrogens is 1. The van der Waals surface area contributed by atoms with Gasteiger partial charge in [0, 0.05) is 11.3 Å². The van der Waals surface area contributed by atoms with Crippen LogP contribution in [0.2, 0.25) is 0 Å². The fourth-order valence-corrected chi connectivity index (χ4v) is 5.37. The molecule has 0 bridgehead atoms. The Morgan fingerprint density at radius 2 is 1.64 bits per heavy atom. The van der Waals surface area contributed by atoms with E-state index < -0.39 is 0 Å². The molecule has 1 N–H and O–H groups in total. The van der Waals surface area contributed by atoms with Crippen LogP contribution < -0.4 is 5.56 Å². The number of rotatable bonds is 3. The molecule has 0 spiro atoms. The van der Waals surface area contributed by atoms with Gasteiger partial charge in [-0.1, -0.05) is 60.2 Å². The summed E-state index contributed by atoms with van der Waals surface area (Å²) >= 11 is 5.43. The average molecular weight is 489 g/mol. The van der Waals surface area contributed by atoms with E-state index in [2.05, 4.69) is 23.2 Å². The van der Waals surface area contributed by atoms with E-state index in [1.165, 1.54) is 0 Å². The van der Waals surface area contributed by atoms with Gasteiger partial charge in [-0.25, -0.2) is 9.97 Å². The summed E-state index contributed by atoms with van der Waals surface area (Å²) < 4.78 is 2.21. The molecule has 0 amide bonds. The van der Waals surface area contributed by atoms with Crippen LogP contribution in [0.4, 0.5) is 0 Å². The summed E-state index contributed by atoms with van der Waals surface area (Å²) in [4.78, 5) is 27.0. The van der Waals surface area contributed by atoms with E-state index in [4.69, 9.17) is 22.2 Å². The van der Waals surface area contributed by atoms with Crippen LogP contribution in [-0.4, -0.2) is 19.5 Å². The van der Waals surface area contributed by atoms with Crippen molar-refractivity contribution in [1.29, 1.82) is 0 Å². The number of aryl methyl sites for hydroxylation is 2. The van der Waals surface area contributed by atoms with Crippen molar-refractivity contribution in [3.63, 3.8) is 0 Å². The smallest absolute Gasteiger partial charge is 0.265 e. The molecule has 5 nitrogen and oxygen atoms in total. The zero-order chi connectivity index (χ0) is 24.8. The van der Waals surface area contributed by atoms with Gasteiger partial charge in [0.05, 0.1) is 28.2 Å². The number of nitrogens with zero attached hydrogens (tertiary/aromatic N) is 3. The summed E-state index contributed by atoms with van der Waals surface area (Å²) in [5.41, 5.74) is 7.58. The normalized spacial score (nSPS) is 14.9. The summed E-state index contributed by atoms with van der Waals surface area (Å²) in [7, 11) is 0. The predicted molar refractivity (Wildman–Crippen MR) is 147 cm³/mol. The molecule has 0 saturated heterocycles. The number of allylic oxidation sites excluding steroid dienone is 1. The van der Waals surface area contributed by atoms with Gasteiger partial charge < -0.3 is 4.98 Å². The lowest BCUT2D eigenvalue weighted by Crippen LogP contribution is -2.28. The van der Waals surface area contributed by atoms with E-state index >= 15 is 0 Å². The number of fused-ring (bicyclic) bond motifs is 2. The third kappa shape index (κ3) is 3.80. The minimum atomic E-state index is -0.196. The highest BCUT2D eigenvalue weighted by Gasteiger charge is 2.31. The third-order valence-corrected chi connectivity index (χ3v) is 7.02. The van der Waals surface area contributed by atoms with Crippen LogP contribution >= 0.6 is 12.2 Å². The number of aromatic amines is 1. The molecule has 6 rings (SSSR count). The highest BCUT2D eigenvalue weighted by Crippen LogP contribution is 2.42. The molecular weight excluding hydrogens is 464 g/mol. The number of hydrogen-bond donors (Lipinski definition) is 1. The van der Waals surface area contributed by atoms with Crippen molar-refractivity contribution in [3.05, 3.63) is 128 Å². The van der Waals surface area contributed by atoms with Gasteiger partial charge in [0.2, 0.25) is 0 Å². The molecule has 3 aromatic carbocycles. The van der Waals surface area contributed by atoms with E-state index in [1.54, 1.807) is 4.57 Å². The summed E-state index contributed by atoms with van der Waals surface area (Å²) in [6.45, 7) is 4.05. The summed E-state index contributed by atoms with van der Waals surface area (Å²) in [6.07, 6.45) is 2.80. The molecule has 1 aliphatic rings. The maximum atomic E-state index is 13.9. The van der Waals surface area contributed by atoms with Gasteiger partial charge in [0.1, 0.15) is 5.82 Å². The van der Waals surface area contributed by atoms with Crippen molar-refractivity contribution >= 4 is 34.8 Å². The Hall–Kier alpha value is -4.16. The monoisotopic (exact) mass is 488 g/mol.